The molecule has 0 fully saturated rings. The summed E-state index contributed by atoms with van der Waals surface area (Å²) in [6.45, 7) is 0.848. The van der Waals surface area contributed by atoms with Crippen LogP contribution in [-0.2, 0) is 10.0 Å². The van der Waals surface area contributed by atoms with Gasteiger partial charge in [-0.25, -0.2) is 12.7 Å². The summed E-state index contributed by atoms with van der Waals surface area (Å²) in [5, 5.41) is 2.08. The Bertz CT molecular complexity index is 1020. The highest BCUT2D eigenvalue weighted by atomic mass is 32.2. The number of benzene rings is 3. The number of aliphatic imine (C=N–C) groups is 1. The van der Waals surface area contributed by atoms with E-state index in [1.807, 2.05) is 48.5 Å². The van der Waals surface area contributed by atoms with E-state index in [1.165, 1.54) is 4.31 Å². The Labute approximate surface area is 141 Å². The van der Waals surface area contributed by atoms with Crippen LogP contribution < -0.4 is 0 Å². The zero-order chi connectivity index (χ0) is 16.6. The number of hydrogen-bond acceptors (Lipinski definition) is 3. The Hall–Kier alpha value is -2.66. The van der Waals surface area contributed by atoms with Crippen molar-refractivity contribution in [2.75, 3.05) is 13.1 Å². The van der Waals surface area contributed by atoms with E-state index in [0.29, 0.717) is 23.8 Å². The SMILES string of the molecule is O=S(=O)(c1ccccc1)N1CCN=C1c1cccc2ccccc12. The highest BCUT2D eigenvalue weighted by Gasteiger charge is 2.31. The van der Waals surface area contributed by atoms with Gasteiger partial charge in [0.2, 0.25) is 0 Å². The van der Waals surface area contributed by atoms with Crippen LogP contribution >= 0.6 is 0 Å². The Morgan fingerprint density at radius 2 is 1.54 bits per heavy atom. The van der Waals surface area contributed by atoms with Gasteiger partial charge in [-0.1, -0.05) is 60.7 Å². The maximum absolute atomic E-state index is 13.0. The average molecular weight is 336 g/mol. The highest BCUT2D eigenvalue weighted by Crippen LogP contribution is 2.26. The fourth-order valence-corrected chi connectivity index (χ4v) is 4.49. The van der Waals surface area contributed by atoms with E-state index in [9.17, 15) is 8.42 Å². The Kier molecular flexibility index (Phi) is 3.58. The summed E-state index contributed by atoms with van der Waals surface area (Å²) >= 11 is 0. The van der Waals surface area contributed by atoms with Crippen LogP contribution in [0.3, 0.4) is 0 Å². The monoisotopic (exact) mass is 336 g/mol. The van der Waals surface area contributed by atoms with Gasteiger partial charge in [0.05, 0.1) is 18.0 Å². The van der Waals surface area contributed by atoms with Crippen LogP contribution in [0.5, 0.6) is 0 Å². The van der Waals surface area contributed by atoms with Gasteiger partial charge in [-0.15, -0.1) is 0 Å². The minimum absolute atomic E-state index is 0.292. The van der Waals surface area contributed by atoms with Gasteiger partial charge in [-0.3, -0.25) is 4.99 Å². The molecule has 0 saturated carbocycles. The second-order valence-corrected chi connectivity index (χ2v) is 7.48. The number of sulfonamides is 1. The van der Waals surface area contributed by atoms with E-state index in [-0.39, 0.29) is 0 Å². The van der Waals surface area contributed by atoms with Gasteiger partial charge in [0.1, 0.15) is 5.84 Å². The molecule has 0 aliphatic carbocycles. The van der Waals surface area contributed by atoms with Crippen LogP contribution in [0.25, 0.3) is 10.8 Å². The lowest BCUT2D eigenvalue weighted by Crippen LogP contribution is -2.35. The van der Waals surface area contributed by atoms with Crippen LogP contribution in [0.4, 0.5) is 0 Å². The smallest absolute Gasteiger partial charge is 0.265 e. The van der Waals surface area contributed by atoms with Gasteiger partial charge in [0.25, 0.3) is 10.0 Å². The molecule has 3 aromatic carbocycles. The first kappa shape index (κ1) is 14.9. The fraction of sp³-hybridized carbons (Fsp3) is 0.105. The van der Waals surface area contributed by atoms with Crippen LogP contribution in [0, 0.1) is 0 Å². The van der Waals surface area contributed by atoms with Crippen molar-refractivity contribution in [3.8, 4) is 0 Å². The summed E-state index contributed by atoms with van der Waals surface area (Å²) in [5.74, 6) is 0.524. The normalized spacial score (nSPS) is 14.8. The van der Waals surface area contributed by atoms with E-state index >= 15 is 0 Å². The number of amidine groups is 1. The maximum Gasteiger partial charge on any atom is 0.265 e. The minimum atomic E-state index is -3.60. The molecule has 1 aliphatic rings. The number of fused-ring (bicyclic) bond motifs is 1. The largest absolute Gasteiger partial charge is 0.265 e. The fourth-order valence-electron chi connectivity index (χ4n) is 3.03. The molecule has 0 bridgehead atoms. The van der Waals surface area contributed by atoms with Gasteiger partial charge in [-0.2, -0.15) is 0 Å². The lowest BCUT2D eigenvalue weighted by Gasteiger charge is -2.21. The maximum atomic E-state index is 13.0. The minimum Gasteiger partial charge on any atom is -0.265 e. The van der Waals surface area contributed by atoms with Crippen LogP contribution in [0.1, 0.15) is 5.56 Å². The molecular formula is C19H16N2O2S. The third-order valence-electron chi connectivity index (χ3n) is 4.16. The summed E-state index contributed by atoms with van der Waals surface area (Å²) in [6, 6.07) is 22.3. The first-order valence-corrected chi connectivity index (χ1v) is 9.22. The first-order chi connectivity index (χ1) is 11.7. The van der Waals surface area contributed by atoms with Crippen molar-refractivity contribution < 1.29 is 8.42 Å². The van der Waals surface area contributed by atoms with Crippen LogP contribution in [0.2, 0.25) is 0 Å². The molecule has 0 saturated heterocycles. The van der Waals surface area contributed by atoms with Crippen molar-refractivity contribution in [3.63, 3.8) is 0 Å². The second kappa shape index (κ2) is 5.76. The summed E-state index contributed by atoms with van der Waals surface area (Å²) in [4.78, 5) is 4.78. The number of rotatable bonds is 3. The van der Waals surface area contributed by atoms with E-state index in [4.69, 9.17) is 0 Å². The zero-order valence-corrected chi connectivity index (χ0v) is 13.8. The van der Waals surface area contributed by atoms with Crippen LogP contribution in [0.15, 0.2) is 82.7 Å². The summed E-state index contributed by atoms with van der Waals surface area (Å²) in [5.41, 5.74) is 0.852. The van der Waals surface area contributed by atoms with Gasteiger partial charge in [-0.05, 0) is 22.9 Å². The zero-order valence-electron chi connectivity index (χ0n) is 13.0. The van der Waals surface area contributed by atoms with Gasteiger partial charge in [0.15, 0.2) is 0 Å². The number of hydrogen-bond donors (Lipinski definition) is 0. The second-order valence-electron chi connectivity index (χ2n) is 5.62. The van der Waals surface area contributed by atoms with Crippen LogP contribution in [-0.4, -0.2) is 31.6 Å². The summed E-state index contributed by atoms with van der Waals surface area (Å²) in [7, 11) is -3.60. The summed E-state index contributed by atoms with van der Waals surface area (Å²) < 4.78 is 27.4. The van der Waals surface area contributed by atoms with Gasteiger partial charge in [0, 0.05) is 5.56 Å². The molecular weight excluding hydrogens is 320 g/mol. The van der Waals surface area contributed by atoms with Crippen molar-refractivity contribution in [2.45, 2.75) is 4.90 Å². The molecule has 0 atom stereocenters. The molecule has 24 heavy (non-hydrogen) atoms. The average Bonchev–Trinajstić information content (AvgIpc) is 3.12. The van der Waals surface area contributed by atoms with E-state index in [2.05, 4.69) is 4.99 Å². The molecule has 4 rings (SSSR count). The highest BCUT2D eigenvalue weighted by molar-refractivity contribution is 7.89. The Morgan fingerprint density at radius 3 is 2.38 bits per heavy atom. The molecule has 0 aromatic heterocycles. The van der Waals surface area contributed by atoms with Crippen molar-refractivity contribution in [2.24, 2.45) is 4.99 Å². The molecule has 4 nitrogen and oxygen atoms in total. The van der Waals surface area contributed by atoms with E-state index < -0.39 is 10.0 Å². The topological polar surface area (TPSA) is 49.7 Å². The molecule has 0 N–H and O–H groups in total. The lowest BCUT2D eigenvalue weighted by molar-refractivity contribution is 0.538. The molecule has 1 aliphatic heterocycles. The van der Waals surface area contributed by atoms with Gasteiger partial charge < -0.3 is 0 Å². The lowest BCUT2D eigenvalue weighted by atomic mass is 10.0. The van der Waals surface area contributed by atoms with Crippen molar-refractivity contribution in [1.82, 2.24) is 4.31 Å². The molecule has 0 radical (unpaired) electrons. The Balaban J connectivity index is 1.84. The van der Waals surface area contributed by atoms with Crippen molar-refractivity contribution in [1.29, 1.82) is 0 Å². The molecule has 0 spiro atoms. The predicted molar refractivity (Wildman–Crippen MR) is 95.7 cm³/mol. The third kappa shape index (κ3) is 2.37. The van der Waals surface area contributed by atoms with E-state index in [0.717, 1.165) is 16.3 Å². The first-order valence-electron chi connectivity index (χ1n) is 7.78. The molecule has 0 amide bonds. The van der Waals surface area contributed by atoms with E-state index in [1.54, 1.807) is 24.3 Å². The predicted octanol–water partition coefficient (Wildman–Crippen LogP) is 3.29. The third-order valence-corrected chi connectivity index (χ3v) is 5.97. The quantitative estimate of drug-likeness (QED) is 0.737. The Morgan fingerprint density at radius 1 is 0.833 bits per heavy atom. The van der Waals surface area contributed by atoms with Crippen molar-refractivity contribution in [3.05, 3.63) is 78.4 Å². The molecule has 3 aromatic rings. The summed E-state index contributed by atoms with van der Waals surface area (Å²) in [6.07, 6.45) is 0. The number of nitrogens with zero attached hydrogens (tertiary/aromatic N) is 2. The molecule has 120 valence electrons. The van der Waals surface area contributed by atoms with Gasteiger partial charge >= 0.3 is 0 Å². The molecule has 0 unspecified atom stereocenters. The molecule has 1 heterocycles. The van der Waals surface area contributed by atoms with Crippen molar-refractivity contribution >= 4 is 26.6 Å². The molecule has 5 heteroatoms. The standard InChI is InChI=1S/C19H16N2O2S/c22-24(23,16-9-2-1-3-10-16)21-14-13-20-19(21)18-12-6-8-15-7-4-5-11-17(15)18/h1-12H,13-14H2.